The molecule has 3 rings (SSSR count). The molecule has 5 N–H and O–H groups in total. The van der Waals surface area contributed by atoms with Gasteiger partial charge in [-0.2, -0.15) is 15.1 Å². The monoisotopic (exact) mass is 278 g/mol. The number of H-pyrrole nitrogens is 1. The van der Waals surface area contributed by atoms with Gasteiger partial charge in [0, 0.05) is 26.2 Å². The Balaban J connectivity index is 1.65. The largest absolute Gasteiger partial charge is 0.379 e. The summed E-state index contributed by atoms with van der Waals surface area (Å²) in [5.74, 6) is 6.45. The zero-order chi connectivity index (χ0) is 13.8. The summed E-state index contributed by atoms with van der Waals surface area (Å²) in [6.45, 7) is 5.30. The Morgan fingerprint density at radius 3 is 3.00 bits per heavy atom. The van der Waals surface area contributed by atoms with Crippen LogP contribution in [0.3, 0.4) is 0 Å². The van der Waals surface area contributed by atoms with E-state index in [1.165, 1.54) is 0 Å². The summed E-state index contributed by atoms with van der Waals surface area (Å²) >= 11 is 0. The molecule has 1 aliphatic heterocycles. The van der Waals surface area contributed by atoms with Crippen LogP contribution in [0.25, 0.3) is 11.0 Å². The number of nitrogens with one attached hydrogen (secondary N) is 3. The van der Waals surface area contributed by atoms with Crippen LogP contribution in [0, 0.1) is 0 Å². The molecule has 0 saturated carbocycles. The predicted octanol–water partition coefficient (Wildman–Crippen LogP) is -0.617. The van der Waals surface area contributed by atoms with Crippen molar-refractivity contribution in [3.8, 4) is 0 Å². The number of ether oxygens (including phenoxy) is 1. The smallest absolute Gasteiger partial charge is 0.241 e. The van der Waals surface area contributed by atoms with Gasteiger partial charge in [0.1, 0.15) is 5.82 Å². The number of rotatable bonds is 5. The number of hydrazine groups is 1. The highest BCUT2D eigenvalue weighted by Crippen LogP contribution is 2.19. The van der Waals surface area contributed by atoms with Gasteiger partial charge in [0.2, 0.25) is 5.95 Å². The maximum Gasteiger partial charge on any atom is 0.241 e. The number of aromatic amines is 1. The SMILES string of the molecule is NNc1nc(NCCN2CCOCC2)c2cn[nH]c2n1. The topological polar surface area (TPSA) is 117 Å². The lowest BCUT2D eigenvalue weighted by Crippen LogP contribution is -2.39. The first-order chi connectivity index (χ1) is 9.86. The van der Waals surface area contributed by atoms with E-state index in [-0.39, 0.29) is 0 Å². The minimum Gasteiger partial charge on any atom is -0.379 e. The van der Waals surface area contributed by atoms with Gasteiger partial charge < -0.3 is 10.1 Å². The van der Waals surface area contributed by atoms with Crippen molar-refractivity contribution in [2.45, 2.75) is 0 Å². The van der Waals surface area contributed by atoms with Crippen molar-refractivity contribution in [3.63, 3.8) is 0 Å². The molecule has 108 valence electrons. The number of fused-ring (bicyclic) bond motifs is 1. The fourth-order valence-electron chi connectivity index (χ4n) is 2.19. The maximum atomic E-state index is 5.36. The van der Waals surface area contributed by atoms with Crippen molar-refractivity contribution in [1.29, 1.82) is 0 Å². The first kappa shape index (κ1) is 13.0. The highest BCUT2D eigenvalue weighted by Gasteiger charge is 2.11. The van der Waals surface area contributed by atoms with E-state index in [4.69, 9.17) is 10.6 Å². The van der Waals surface area contributed by atoms with Gasteiger partial charge >= 0.3 is 0 Å². The molecule has 1 fully saturated rings. The van der Waals surface area contributed by atoms with Gasteiger partial charge in [0.15, 0.2) is 5.65 Å². The van der Waals surface area contributed by atoms with Crippen LogP contribution in [-0.2, 0) is 4.74 Å². The van der Waals surface area contributed by atoms with E-state index in [9.17, 15) is 0 Å². The zero-order valence-corrected chi connectivity index (χ0v) is 11.1. The minimum atomic E-state index is 0.357. The van der Waals surface area contributed by atoms with Crippen LogP contribution in [0.4, 0.5) is 11.8 Å². The third kappa shape index (κ3) is 2.79. The lowest BCUT2D eigenvalue weighted by atomic mass is 10.3. The normalized spacial score (nSPS) is 16.4. The third-order valence-electron chi connectivity index (χ3n) is 3.26. The molecule has 9 heteroatoms. The Hall–Kier alpha value is -1.97. The molecule has 0 aromatic carbocycles. The van der Waals surface area contributed by atoms with Gasteiger partial charge in [-0.25, -0.2) is 5.84 Å². The molecular weight excluding hydrogens is 260 g/mol. The van der Waals surface area contributed by atoms with Crippen LogP contribution in [0.1, 0.15) is 0 Å². The van der Waals surface area contributed by atoms with E-state index in [0.29, 0.717) is 11.6 Å². The summed E-state index contributed by atoms with van der Waals surface area (Å²) in [7, 11) is 0. The Morgan fingerprint density at radius 1 is 1.35 bits per heavy atom. The van der Waals surface area contributed by atoms with Crippen LogP contribution < -0.4 is 16.6 Å². The molecule has 1 saturated heterocycles. The number of hydrogen-bond acceptors (Lipinski definition) is 8. The number of aromatic nitrogens is 4. The average Bonchev–Trinajstić information content (AvgIpc) is 2.96. The second-order valence-corrected chi connectivity index (χ2v) is 4.55. The predicted molar refractivity (Wildman–Crippen MR) is 75.2 cm³/mol. The summed E-state index contributed by atoms with van der Waals surface area (Å²) in [5.41, 5.74) is 3.11. The number of hydrogen-bond donors (Lipinski definition) is 4. The van der Waals surface area contributed by atoms with E-state index >= 15 is 0 Å². The van der Waals surface area contributed by atoms with Crippen LogP contribution in [-0.4, -0.2) is 64.5 Å². The molecule has 3 heterocycles. The first-order valence-electron chi connectivity index (χ1n) is 6.58. The van der Waals surface area contributed by atoms with Crippen molar-refractivity contribution in [1.82, 2.24) is 25.1 Å². The number of nitrogen functional groups attached to an aromatic ring is 1. The average molecular weight is 278 g/mol. The van der Waals surface area contributed by atoms with Crippen LogP contribution in [0.5, 0.6) is 0 Å². The molecule has 2 aromatic heterocycles. The van der Waals surface area contributed by atoms with E-state index in [1.54, 1.807) is 6.20 Å². The molecule has 20 heavy (non-hydrogen) atoms. The summed E-state index contributed by atoms with van der Waals surface area (Å²) in [5, 5.41) is 10.9. The van der Waals surface area contributed by atoms with Crippen molar-refractivity contribution < 1.29 is 4.74 Å². The van der Waals surface area contributed by atoms with E-state index in [2.05, 4.69) is 35.8 Å². The molecule has 0 aliphatic carbocycles. The van der Waals surface area contributed by atoms with E-state index in [0.717, 1.165) is 50.6 Å². The van der Waals surface area contributed by atoms with Gasteiger partial charge in [0.25, 0.3) is 0 Å². The summed E-state index contributed by atoms with van der Waals surface area (Å²) in [6, 6.07) is 0. The van der Waals surface area contributed by atoms with Crippen molar-refractivity contribution >= 4 is 22.8 Å². The molecule has 2 aromatic rings. The fraction of sp³-hybridized carbons (Fsp3) is 0.545. The second kappa shape index (κ2) is 5.99. The first-order valence-corrected chi connectivity index (χ1v) is 6.58. The Bertz CT molecular complexity index is 565. The van der Waals surface area contributed by atoms with E-state index in [1.807, 2.05) is 0 Å². The van der Waals surface area contributed by atoms with Crippen molar-refractivity contribution in [2.75, 3.05) is 50.1 Å². The van der Waals surface area contributed by atoms with Gasteiger partial charge in [-0.15, -0.1) is 0 Å². The molecule has 1 aliphatic rings. The molecule has 9 nitrogen and oxygen atoms in total. The summed E-state index contributed by atoms with van der Waals surface area (Å²) in [6.07, 6.45) is 1.70. The highest BCUT2D eigenvalue weighted by atomic mass is 16.5. The van der Waals surface area contributed by atoms with Crippen LogP contribution in [0.15, 0.2) is 6.20 Å². The number of nitrogens with zero attached hydrogens (tertiary/aromatic N) is 4. The Labute approximate surface area is 115 Å². The van der Waals surface area contributed by atoms with Gasteiger partial charge in [-0.05, 0) is 0 Å². The van der Waals surface area contributed by atoms with Crippen LogP contribution >= 0.6 is 0 Å². The van der Waals surface area contributed by atoms with Crippen molar-refractivity contribution in [3.05, 3.63) is 6.20 Å². The lowest BCUT2D eigenvalue weighted by Gasteiger charge is -2.26. The molecule has 0 bridgehead atoms. The van der Waals surface area contributed by atoms with E-state index < -0.39 is 0 Å². The number of nitrogens with two attached hydrogens (primary N) is 1. The molecule has 0 radical (unpaired) electrons. The summed E-state index contributed by atoms with van der Waals surface area (Å²) in [4.78, 5) is 10.8. The quantitative estimate of drug-likeness (QED) is 0.422. The maximum absolute atomic E-state index is 5.36. The summed E-state index contributed by atoms with van der Waals surface area (Å²) < 4.78 is 5.32. The second-order valence-electron chi connectivity index (χ2n) is 4.55. The van der Waals surface area contributed by atoms with Crippen molar-refractivity contribution in [2.24, 2.45) is 5.84 Å². The zero-order valence-electron chi connectivity index (χ0n) is 11.1. The molecule has 0 amide bonds. The number of morpholine rings is 1. The van der Waals surface area contributed by atoms with Gasteiger partial charge in [0.05, 0.1) is 24.8 Å². The standard InChI is InChI=1S/C11H18N8O/c12-17-11-15-9(8-7-14-18-10(8)16-11)13-1-2-19-3-5-20-6-4-19/h7H,1-6,12H2,(H3,13,14,15,16,17,18). The van der Waals surface area contributed by atoms with Gasteiger partial charge in [-0.1, -0.05) is 0 Å². The van der Waals surface area contributed by atoms with Crippen LogP contribution in [0.2, 0.25) is 0 Å². The third-order valence-corrected chi connectivity index (χ3v) is 3.26. The molecule has 0 unspecified atom stereocenters. The highest BCUT2D eigenvalue weighted by molar-refractivity contribution is 5.86. The Kier molecular flexibility index (Phi) is 3.90. The Morgan fingerprint density at radius 2 is 2.20 bits per heavy atom. The lowest BCUT2D eigenvalue weighted by molar-refractivity contribution is 0.0398. The molecular formula is C11H18N8O. The minimum absolute atomic E-state index is 0.357. The fourth-order valence-corrected chi connectivity index (χ4v) is 2.19. The van der Waals surface area contributed by atoms with Gasteiger partial charge in [-0.3, -0.25) is 15.4 Å². The molecule has 0 spiro atoms. The molecule has 0 atom stereocenters. The number of anilines is 2.